The minimum atomic E-state index is -0.396. The molecule has 2 N–H and O–H groups in total. The maximum Gasteiger partial charge on any atom is 0.253 e. The van der Waals surface area contributed by atoms with Crippen LogP contribution >= 0.6 is 39.3 Å². The fraction of sp³-hybridized carbons (Fsp3) is 0.273. The van der Waals surface area contributed by atoms with Crippen LogP contribution < -0.4 is 10.6 Å². The molecule has 2 aromatic carbocycles. The van der Waals surface area contributed by atoms with Gasteiger partial charge in [0.05, 0.1) is 22.4 Å². The fourth-order valence-corrected chi connectivity index (χ4v) is 4.85. The third kappa shape index (κ3) is 5.70. The van der Waals surface area contributed by atoms with Crippen LogP contribution in [0.25, 0.3) is 0 Å². The van der Waals surface area contributed by atoms with Gasteiger partial charge in [-0.25, -0.2) is 0 Å². The van der Waals surface area contributed by atoms with Gasteiger partial charge in [0, 0.05) is 17.2 Å². The molecule has 3 rings (SSSR count). The predicted octanol–water partition coefficient (Wildman–Crippen LogP) is 5.07. The number of rotatable bonds is 7. The largest absolute Gasteiger partial charge is 0.342 e. The fourth-order valence-electron chi connectivity index (χ4n) is 3.23. The van der Waals surface area contributed by atoms with E-state index in [9.17, 15) is 9.59 Å². The first kappa shape index (κ1) is 24.3. The zero-order valence-electron chi connectivity index (χ0n) is 18.1. The summed E-state index contributed by atoms with van der Waals surface area (Å²) in [4.78, 5) is 25.0. The molecule has 0 saturated carbocycles. The Bertz CT molecular complexity index is 1140. The molecule has 1 heterocycles. The van der Waals surface area contributed by atoms with Gasteiger partial charge in [0.15, 0.2) is 11.0 Å². The van der Waals surface area contributed by atoms with Crippen molar-refractivity contribution in [3.8, 4) is 0 Å². The van der Waals surface area contributed by atoms with Crippen molar-refractivity contribution >= 4 is 56.8 Å². The van der Waals surface area contributed by atoms with Gasteiger partial charge >= 0.3 is 0 Å². The minimum absolute atomic E-state index is 0.131. The number of carbonyl (C=O) groups is 2. The monoisotopic (exact) mass is 535 g/mol. The zero-order valence-corrected chi connectivity index (χ0v) is 21.2. The molecular formula is C22H23BrClN5O2S. The van der Waals surface area contributed by atoms with Crippen LogP contribution in [-0.2, 0) is 11.8 Å². The smallest absolute Gasteiger partial charge is 0.253 e. The van der Waals surface area contributed by atoms with Crippen LogP contribution in [0.5, 0.6) is 0 Å². The molecule has 0 aliphatic carbocycles. The summed E-state index contributed by atoms with van der Waals surface area (Å²) in [6.07, 6.45) is 0. The number of thioether (sulfide) groups is 1. The molecule has 0 bridgehead atoms. The van der Waals surface area contributed by atoms with Gasteiger partial charge in [0.1, 0.15) is 0 Å². The first-order chi connectivity index (χ1) is 15.2. The molecule has 0 saturated heterocycles. The zero-order chi connectivity index (χ0) is 23.4. The number of benzene rings is 2. The van der Waals surface area contributed by atoms with Crippen molar-refractivity contribution in [2.75, 3.05) is 11.1 Å². The first-order valence-electron chi connectivity index (χ1n) is 9.81. The highest BCUT2D eigenvalue weighted by molar-refractivity contribution is 9.10. The Morgan fingerprint density at radius 2 is 1.84 bits per heavy atom. The Morgan fingerprint density at radius 1 is 1.19 bits per heavy atom. The number of hydrogen-bond donors (Lipinski definition) is 2. The summed E-state index contributed by atoms with van der Waals surface area (Å²) in [5.41, 5.74) is 3.18. The summed E-state index contributed by atoms with van der Waals surface area (Å²) in [7, 11) is 1.80. The number of amides is 2. The third-order valence-electron chi connectivity index (χ3n) is 4.82. The van der Waals surface area contributed by atoms with E-state index >= 15 is 0 Å². The van der Waals surface area contributed by atoms with Crippen LogP contribution in [0.4, 0.5) is 5.69 Å². The van der Waals surface area contributed by atoms with E-state index < -0.39 is 6.04 Å². The molecule has 7 nitrogen and oxygen atoms in total. The van der Waals surface area contributed by atoms with E-state index in [1.807, 2.05) is 32.9 Å². The lowest BCUT2D eigenvalue weighted by molar-refractivity contribution is -0.113. The lowest BCUT2D eigenvalue weighted by Crippen LogP contribution is -2.28. The second kappa shape index (κ2) is 10.5. The molecule has 0 aliphatic heterocycles. The highest BCUT2D eigenvalue weighted by Gasteiger charge is 2.20. The second-order valence-corrected chi connectivity index (χ2v) is 9.59. The summed E-state index contributed by atoms with van der Waals surface area (Å²) in [6.45, 7) is 5.72. The molecule has 1 atom stereocenters. The molecule has 0 unspecified atom stereocenters. The average molecular weight is 537 g/mol. The number of carbonyl (C=O) groups excluding carboxylic acids is 2. The number of aromatic nitrogens is 3. The van der Waals surface area contributed by atoms with Crippen LogP contribution in [0.1, 0.15) is 40.3 Å². The SMILES string of the molecule is Cc1cc(Br)cc(C)c1NC(=O)CSc1nnc([C@@H](C)NC(=O)c2ccccc2Cl)n1C. The molecule has 0 spiro atoms. The van der Waals surface area contributed by atoms with E-state index in [1.54, 1.807) is 35.9 Å². The van der Waals surface area contributed by atoms with Crippen molar-refractivity contribution in [1.29, 1.82) is 0 Å². The van der Waals surface area contributed by atoms with Crippen molar-refractivity contribution in [3.63, 3.8) is 0 Å². The van der Waals surface area contributed by atoms with Gasteiger partial charge in [-0.2, -0.15) is 0 Å². The molecule has 0 radical (unpaired) electrons. The molecule has 3 aromatic rings. The van der Waals surface area contributed by atoms with Crippen LogP contribution in [0, 0.1) is 13.8 Å². The summed E-state index contributed by atoms with van der Waals surface area (Å²) in [6, 6.07) is 10.4. The summed E-state index contributed by atoms with van der Waals surface area (Å²) >= 11 is 10.8. The van der Waals surface area contributed by atoms with Crippen molar-refractivity contribution < 1.29 is 9.59 Å². The van der Waals surface area contributed by atoms with Gasteiger partial charge < -0.3 is 15.2 Å². The van der Waals surface area contributed by atoms with Gasteiger partial charge in [-0.1, -0.05) is 51.4 Å². The summed E-state index contributed by atoms with van der Waals surface area (Å²) < 4.78 is 2.74. The van der Waals surface area contributed by atoms with E-state index in [2.05, 4.69) is 36.8 Å². The molecule has 0 aliphatic rings. The van der Waals surface area contributed by atoms with Gasteiger partial charge in [-0.05, 0) is 56.2 Å². The Balaban J connectivity index is 1.61. The lowest BCUT2D eigenvalue weighted by atomic mass is 10.1. The Hall–Kier alpha value is -2.36. The first-order valence-corrected chi connectivity index (χ1v) is 12.0. The number of aryl methyl sites for hydroxylation is 2. The molecule has 32 heavy (non-hydrogen) atoms. The number of hydrogen-bond acceptors (Lipinski definition) is 5. The van der Waals surface area contributed by atoms with Crippen molar-refractivity contribution in [1.82, 2.24) is 20.1 Å². The van der Waals surface area contributed by atoms with Crippen LogP contribution in [-0.4, -0.2) is 32.3 Å². The topological polar surface area (TPSA) is 88.9 Å². The summed E-state index contributed by atoms with van der Waals surface area (Å²) in [5.74, 6) is 0.336. The van der Waals surface area contributed by atoms with Gasteiger partial charge in [0.25, 0.3) is 5.91 Å². The van der Waals surface area contributed by atoms with Crippen LogP contribution in [0.2, 0.25) is 5.02 Å². The Morgan fingerprint density at radius 3 is 2.50 bits per heavy atom. The predicted molar refractivity (Wildman–Crippen MR) is 131 cm³/mol. The number of halogens is 2. The maximum absolute atomic E-state index is 12.5. The van der Waals surface area contributed by atoms with Gasteiger partial charge in [0.2, 0.25) is 5.91 Å². The molecule has 0 fully saturated rings. The average Bonchev–Trinajstić information content (AvgIpc) is 3.09. The van der Waals surface area contributed by atoms with E-state index in [-0.39, 0.29) is 17.6 Å². The number of nitrogens with one attached hydrogen (secondary N) is 2. The normalized spacial score (nSPS) is 11.8. The molecule has 10 heteroatoms. The second-order valence-electron chi connectivity index (χ2n) is 7.33. The van der Waals surface area contributed by atoms with Gasteiger partial charge in [-0.15, -0.1) is 10.2 Å². The highest BCUT2D eigenvalue weighted by atomic mass is 79.9. The van der Waals surface area contributed by atoms with Crippen LogP contribution in [0.15, 0.2) is 46.0 Å². The van der Waals surface area contributed by atoms with Crippen LogP contribution in [0.3, 0.4) is 0 Å². The van der Waals surface area contributed by atoms with E-state index in [1.165, 1.54) is 11.8 Å². The maximum atomic E-state index is 12.5. The van der Waals surface area contributed by atoms with Gasteiger partial charge in [-0.3, -0.25) is 9.59 Å². The minimum Gasteiger partial charge on any atom is -0.342 e. The molecule has 168 valence electrons. The van der Waals surface area contributed by atoms with Crippen molar-refractivity contribution in [2.45, 2.75) is 32.0 Å². The molecule has 1 aromatic heterocycles. The van der Waals surface area contributed by atoms with Crippen molar-refractivity contribution in [3.05, 3.63) is 68.4 Å². The quantitative estimate of drug-likeness (QED) is 0.412. The third-order valence-corrected chi connectivity index (χ3v) is 6.62. The number of anilines is 1. The van der Waals surface area contributed by atoms with E-state index in [4.69, 9.17) is 11.6 Å². The van der Waals surface area contributed by atoms with E-state index in [0.29, 0.717) is 21.6 Å². The standard InChI is InChI=1S/C22H23BrClN5O2S/c1-12-9-15(23)10-13(2)19(12)26-18(30)11-32-22-28-27-20(29(22)4)14(3)25-21(31)16-7-5-6-8-17(16)24/h5-10,14H,11H2,1-4H3,(H,25,31)(H,26,30)/t14-/m1/s1. The summed E-state index contributed by atoms with van der Waals surface area (Å²) in [5, 5.41) is 15.2. The molecular weight excluding hydrogens is 514 g/mol. The Kier molecular flexibility index (Phi) is 7.97. The highest BCUT2D eigenvalue weighted by Crippen LogP contribution is 2.26. The lowest BCUT2D eigenvalue weighted by Gasteiger charge is -2.14. The van der Waals surface area contributed by atoms with E-state index in [0.717, 1.165) is 21.3 Å². The number of nitrogens with zero attached hydrogens (tertiary/aromatic N) is 3. The van der Waals surface area contributed by atoms with Crippen molar-refractivity contribution in [2.24, 2.45) is 7.05 Å². The molecule has 2 amide bonds. The Labute approximate surface area is 204 Å².